The van der Waals surface area contributed by atoms with E-state index >= 15 is 0 Å². The third kappa shape index (κ3) is 4.32. The van der Waals surface area contributed by atoms with Gasteiger partial charge in [0, 0.05) is 17.8 Å². The van der Waals surface area contributed by atoms with Gasteiger partial charge in [0.2, 0.25) is 0 Å². The molecule has 2 aromatic heterocycles. The highest BCUT2D eigenvalue weighted by atomic mass is 16.1. The highest BCUT2D eigenvalue weighted by Gasteiger charge is 2.14. The van der Waals surface area contributed by atoms with Gasteiger partial charge in [0.05, 0.1) is 6.20 Å². The number of aromatic amines is 1. The van der Waals surface area contributed by atoms with Crippen LogP contribution < -0.4 is 10.9 Å². The first-order chi connectivity index (χ1) is 15.3. The second kappa shape index (κ2) is 8.65. The Hall–Kier alpha value is -3.58. The van der Waals surface area contributed by atoms with Crippen molar-refractivity contribution in [2.24, 2.45) is 0 Å². The summed E-state index contributed by atoms with van der Waals surface area (Å²) < 4.78 is 0. The van der Waals surface area contributed by atoms with E-state index in [0.29, 0.717) is 22.5 Å². The van der Waals surface area contributed by atoms with Crippen LogP contribution in [-0.2, 0) is 6.54 Å². The van der Waals surface area contributed by atoms with Gasteiger partial charge >= 0.3 is 0 Å². The molecule has 0 spiro atoms. The fourth-order valence-electron chi connectivity index (χ4n) is 4.02. The second-order valence-corrected chi connectivity index (χ2v) is 7.88. The first-order valence-electron chi connectivity index (χ1n) is 10.7. The molecule has 5 rings (SSSR count). The molecular formula is C24H24N6O. The first-order valence-corrected chi connectivity index (χ1v) is 10.7. The Morgan fingerprint density at radius 2 is 1.71 bits per heavy atom. The Balaban J connectivity index is 1.46. The Labute approximate surface area is 180 Å². The Morgan fingerprint density at radius 1 is 0.935 bits per heavy atom. The van der Waals surface area contributed by atoms with E-state index in [-0.39, 0.29) is 5.56 Å². The standard InChI is InChI=1S/C24H24N6O/c31-24-21-20(15-25-29-24)27-22(18-7-3-1-4-8-18)28-23(21)26-19-11-9-17(10-12-19)16-30-13-5-2-6-14-30/h1,3-4,7-12,15H,2,5-6,13-14,16H2,(H,29,31)(H,26,27,28). The fraction of sp³-hybridized carbons (Fsp3) is 0.250. The van der Waals surface area contributed by atoms with Crippen LogP contribution in [0.2, 0.25) is 0 Å². The minimum absolute atomic E-state index is 0.318. The number of anilines is 2. The summed E-state index contributed by atoms with van der Waals surface area (Å²) in [5.74, 6) is 1.01. The Morgan fingerprint density at radius 3 is 2.48 bits per heavy atom. The van der Waals surface area contributed by atoms with E-state index < -0.39 is 0 Å². The summed E-state index contributed by atoms with van der Waals surface area (Å²) in [5, 5.41) is 10.1. The number of hydrogen-bond acceptors (Lipinski definition) is 6. The van der Waals surface area contributed by atoms with Crippen molar-refractivity contribution in [3.05, 3.63) is 76.7 Å². The molecule has 31 heavy (non-hydrogen) atoms. The normalized spacial score (nSPS) is 14.6. The van der Waals surface area contributed by atoms with Gasteiger partial charge in [-0.3, -0.25) is 9.69 Å². The maximum absolute atomic E-state index is 12.5. The average molecular weight is 412 g/mol. The number of piperidine rings is 1. The lowest BCUT2D eigenvalue weighted by Gasteiger charge is -2.26. The van der Waals surface area contributed by atoms with E-state index in [1.165, 1.54) is 37.9 Å². The van der Waals surface area contributed by atoms with E-state index in [1.807, 2.05) is 42.5 Å². The van der Waals surface area contributed by atoms with Crippen molar-refractivity contribution in [2.75, 3.05) is 18.4 Å². The topological polar surface area (TPSA) is 86.8 Å². The number of fused-ring (bicyclic) bond motifs is 1. The molecule has 3 heterocycles. The van der Waals surface area contributed by atoms with Gasteiger partial charge in [-0.05, 0) is 43.6 Å². The number of hydrogen-bond donors (Lipinski definition) is 2. The van der Waals surface area contributed by atoms with Crippen LogP contribution in [-0.4, -0.2) is 38.2 Å². The van der Waals surface area contributed by atoms with E-state index in [2.05, 4.69) is 42.5 Å². The number of H-pyrrole nitrogens is 1. The van der Waals surface area contributed by atoms with Crippen LogP contribution in [0.3, 0.4) is 0 Å². The molecule has 0 aliphatic carbocycles. The number of rotatable bonds is 5. The highest BCUT2D eigenvalue weighted by Crippen LogP contribution is 2.25. The predicted octanol–water partition coefficient (Wildman–Crippen LogP) is 4.11. The maximum Gasteiger partial charge on any atom is 0.277 e. The van der Waals surface area contributed by atoms with Gasteiger partial charge < -0.3 is 5.32 Å². The summed E-state index contributed by atoms with van der Waals surface area (Å²) in [6.07, 6.45) is 5.46. The van der Waals surface area contributed by atoms with Crippen LogP contribution in [0.5, 0.6) is 0 Å². The summed E-state index contributed by atoms with van der Waals surface area (Å²) in [4.78, 5) is 24.2. The number of nitrogens with one attached hydrogen (secondary N) is 2. The molecule has 0 bridgehead atoms. The lowest BCUT2D eigenvalue weighted by Crippen LogP contribution is -2.29. The number of benzene rings is 2. The van der Waals surface area contributed by atoms with Gasteiger partial charge in [-0.2, -0.15) is 5.10 Å². The van der Waals surface area contributed by atoms with Crippen molar-refractivity contribution >= 4 is 22.4 Å². The Bertz CT molecular complexity index is 1230. The van der Waals surface area contributed by atoms with Crippen LogP contribution in [0.25, 0.3) is 22.3 Å². The molecule has 1 aliphatic rings. The molecule has 0 amide bonds. The zero-order valence-electron chi connectivity index (χ0n) is 17.2. The van der Waals surface area contributed by atoms with Gasteiger partial charge in [0.25, 0.3) is 5.56 Å². The smallest absolute Gasteiger partial charge is 0.277 e. The molecule has 7 heteroatoms. The first kappa shape index (κ1) is 19.4. The van der Waals surface area contributed by atoms with Crippen molar-refractivity contribution in [1.29, 1.82) is 0 Å². The summed E-state index contributed by atoms with van der Waals surface area (Å²) in [5.41, 5.74) is 3.22. The molecule has 0 saturated carbocycles. The van der Waals surface area contributed by atoms with Crippen LogP contribution in [0, 0.1) is 0 Å². The van der Waals surface area contributed by atoms with Crippen molar-refractivity contribution in [2.45, 2.75) is 25.8 Å². The SMILES string of the molecule is O=c1[nH]ncc2nc(-c3ccccc3)nc(Nc3ccc(CN4CCCCC4)cc3)c12. The quantitative estimate of drug-likeness (QED) is 0.513. The summed E-state index contributed by atoms with van der Waals surface area (Å²) in [6, 6.07) is 18.0. The molecule has 1 fully saturated rings. The van der Waals surface area contributed by atoms with Gasteiger partial charge in [-0.15, -0.1) is 0 Å². The second-order valence-electron chi connectivity index (χ2n) is 7.88. The van der Waals surface area contributed by atoms with E-state index in [1.54, 1.807) is 6.20 Å². The van der Waals surface area contributed by atoms with Crippen LogP contribution in [0.4, 0.5) is 11.5 Å². The van der Waals surface area contributed by atoms with E-state index in [4.69, 9.17) is 0 Å². The third-order valence-electron chi connectivity index (χ3n) is 5.62. The molecule has 0 atom stereocenters. The largest absolute Gasteiger partial charge is 0.339 e. The van der Waals surface area contributed by atoms with Crippen molar-refractivity contribution < 1.29 is 0 Å². The van der Waals surface area contributed by atoms with Crippen molar-refractivity contribution in [3.63, 3.8) is 0 Å². The van der Waals surface area contributed by atoms with Gasteiger partial charge in [0.1, 0.15) is 16.7 Å². The minimum Gasteiger partial charge on any atom is -0.339 e. The monoisotopic (exact) mass is 412 g/mol. The van der Waals surface area contributed by atoms with Crippen LogP contribution >= 0.6 is 0 Å². The third-order valence-corrected chi connectivity index (χ3v) is 5.62. The molecule has 2 N–H and O–H groups in total. The number of likely N-dealkylation sites (tertiary alicyclic amines) is 1. The maximum atomic E-state index is 12.5. The average Bonchev–Trinajstić information content (AvgIpc) is 2.81. The number of aromatic nitrogens is 4. The van der Waals surface area contributed by atoms with Crippen LogP contribution in [0.15, 0.2) is 65.6 Å². The molecule has 7 nitrogen and oxygen atoms in total. The summed E-state index contributed by atoms with van der Waals surface area (Å²) in [6.45, 7) is 3.32. The molecule has 0 unspecified atom stereocenters. The van der Waals surface area contributed by atoms with Gasteiger partial charge in [-0.1, -0.05) is 48.9 Å². The molecule has 4 aromatic rings. The predicted molar refractivity (Wildman–Crippen MR) is 122 cm³/mol. The van der Waals surface area contributed by atoms with Crippen LogP contribution in [0.1, 0.15) is 24.8 Å². The Kier molecular flexibility index (Phi) is 5.41. The van der Waals surface area contributed by atoms with Crippen molar-refractivity contribution in [1.82, 2.24) is 25.1 Å². The van der Waals surface area contributed by atoms with Gasteiger partial charge in [0.15, 0.2) is 5.82 Å². The molecule has 1 saturated heterocycles. The summed E-state index contributed by atoms with van der Waals surface area (Å²) >= 11 is 0. The molecule has 1 aliphatic heterocycles. The fourth-order valence-corrected chi connectivity index (χ4v) is 4.02. The zero-order chi connectivity index (χ0) is 21.0. The molecular weight excluding hydrogens is 388 g/mol. The molecule has 156 valence electrons. The zero-order valence-corrected chi connectivity index (χ0v) is 17.2. The van der Waals surface area contributed by atoms with E-state index in [0.717, 1.165) is 17.8 Å². The summed E-state index contributed by atoms with van der Waals surface area (Å²) in [7, 11) is 0. The van der Waals surface area contributed by atoms with E-state index in [9.17, 15) is 4.79 Å². The van der Waals surface area contributed by atoms with Gasteiger partial charge in [-0.25, -0.2) is 15.1 Å². The lowest BCUT2D eigenvalue weighted by molar-refractivity contribution is 0.221. The minimum atomic E-state index is -0.318. The lowest BCUT2D eigenvalue weighted by atomic mass is 10.1. The van der Waals surface area contributed by atoms with Crippen molar-refractivity contribution in [3.8, 4) is 11.4 Å². The molecule has 0 radical (unpaired) electrons. The highest BCUT2D eigenvalue weighted by molar-refractivity contribution is 5.90. The number of nitrogens with zero attached hydrogens (tertiary/aromatic N) is 4. The molecule has 2 aromatic carbocycles.